The van der Waals surface area contributed by atoms with Gasteiger partial charge in [0.05, 0.1) is 17.1 Å². The first-order valence-electron chi connectivity index (χ1n) is 7.75. The van der Waals surface area contributed by atoms with Crippen molar-refractivity contribution in [3.63, 3.8) is 0 Å². The molecule has 0 atom stereocenters. The Balaban J connectivity index is 1.72. The Morgan fingerprint density at radius 1 is 1.11 bits per heavy atom. The lowest BCUT2D eigenvalue weighted by atomic mass is 10.2. The van der Waals surface area contributed by atoms with Crippen LogP contribution in [0.2, 0.25) is 5.02 Å². The average Bonchev–Trinajstić information content (AvgIpc) is 3.02. The van der Waals surface area contributed by atoms with Gasteiger partial charge in [-0.15, -0.1) is 13.2 Å². The number of alkyl halides is 3. The maximum Gasteiger partial charge on any atom is 0.573 e. The summed E-state index contributed by atoms with van der Waals surface area (Å²) < 4.78 is 42.9. The highest BCUT2D eigenvalue weighted by molar-refractivity contribution is 6.34. The summed E-state index contributed by atoms with van der Waals surface area (Å²) in [6, 6.07) is 13.8. The first-order chi connectivity index (χ1) is 12.8. The average molecular weight is 396 g/mol. The van der Waals surface area contributed by atoms with Crippen LogP contribution in [0.15, 0.2) is 60.8 Å². The normalized spacial score (nSPS) is 11.3. The Morgan fingerprint density at radius 2 is 1.81 bits per heavy atom. The molecule has 0 spiro atoms. The molecule has 5 nitrogen and oxygen atoms in total. The van der Waals surface area contributed by atoms with Gasteiger partial charge in [-0.05, 0) is 18.2 Å². The molecule has 140 valence electrons. The molecule has 0 aliphatic carbocycles. The van der Waals surface area contributed by atoms with Gasteiger partial charge in [-0.3, -0.25) is 9.48 Å². The second-order valence-corrected chi connectivity index (χ2v) is 5.90. The van der Waals surface area contributed by atoms with E-state index in [0.29, 0.717) is 10.6 Å². The van der Waals surface area contributed by atoms with Crippen LogP contribution in [-0.4, -0.2) is 22.1 Å². The van der Waals surface area contributed by atoms with Crippen LogP contribution in [0.25, 0.3) is 0 Å². The molecule has 9 heteroatoms. The van der Waals surface area contributed by atoms with Gasteiger partial charge in [0.2, 0.25) is 0 Å². The van der Waals surface area contributed by atoms with E-state index in [2.05, 4.69) is 15.2 Å². The maximum absolute atomic E-state index is 12.5. The second kappa shape index (κ2) is 7.71. The minimum absolute atomic E-state index is 0.0359. The number of carbonyl (C=O) groups is 1. The lowest BCUT2D eigenvalue weighted by Crippen LogP contribution is -2.18. The van der Waals surface area contributed by atoms with Gasteiger partial charge in [0.15, 0.2) is 5.82 Å². The molecule has 27 heavy (non-hydrogen) atoms. The van der Waals surface area contributed by atoms with E-state index in [9.17, 15) is 18.0 Å². The molecule has 3 aromatic rings. The van der Waals surface area contributed by atoms with Crippen molar-refractivity contribution in [3.8, 4) is 5.75 Å². The molecule has 0 aliphatic rings. The monoisotopic (exact) mass is 395 g/mol. The minimum Gasteiger partial charge on any atom is -0.405 e. The van der Waals surface area contributed by atoms with E-state index in [1.807, 2.05) is 0 Å². The summed E-state index contributed by atoms with van der Waals surface area (Å²) in [5.74, 6) is -0.497. The molecule has 0 unspecified atom stereocenters. The summed E-state index contributed by atoms with van der Waals surface area (Å²) >= 11 is 5.98. The minimum atomic E-state index is -4.78. The van der Waals surface area contributed by atoms with E-state index < -0.39 is 12.3 Å². The van der Waals surface area contributed by atoms with Crippen molar-refractivity contribution in [3.05, 3.63) is 76.9 Å². The molecule has 1 N–H and O–H groups in total. The van der Waals surface area contributed by atoms with Crippen molar-refractivity contribution >= 4 is 23.3 Å². The number of ether oxygens (including phenoxy) is 1. The van der Waals surface area contributed by atoms with E-state index in [-0.39, 0.29) is 23.7 Å². The molecule has 0 aliphatic heterocycles. The fraction of sp³-hybridized carbons (Fsp3) is 0.111. The van der Waals surface area contributed by atoms with Crippen molar-refractivity contribution in [2.45, 2.75) is 12.9 Å². The maximum atomic E-state index is 12.5. The zero-order valence-corrected chi connectivity index (χ0v) is 14.5. The second-order valence-electron chi connectivity index (χ2n) is 5.49. The van der Waals surface area contributed by atoms with Gasteiger partial charge in [0, 0.05) is 17.8 Å². The van der Waals surface area contributed by atoms with E-state index in [1.165, 1.54) is 35.1 Å². The molecule has 0 radical (unpaired) electrons. The van der Waals surface area contributed by atoms with E-state index in [0.717, 1.165) is 0 Å². The molecule has 1 aromatic heterocycles. The van der Waals surface area contributed by atoms with Gasteiger partial charge in [-0.25, -0.2) is 0 Å². The first-order valence-corrected chi connectivity index (χ1v) is 8.12. The van der Waals surface area contributed by atoms with Crippen LogP contribution < -0.4 is 10.1 Å². The van der Waals surface area contributed by atoms with Crippen molar-refractivity contribution in [1.82, 2.24) is 9.78 Å². The number of rotatable bonds is 5. The number of para-hydroxylation sites is 1. The Kier molecular flexibility index (Phi) is 5.36. The Morgan fingerprint density at radius 3 is 2.56 bits per heavy atom. The number of amides is 1. The number of nitrogens with one attached hydrogen (secondary N) is 1. The quantitative estimate of drug-likeness (QED) is 0.679. The third-order valence-electron chi connectivity index (χ3n) is 3.53. The third kappa shape index (κ3) is 5.01. The Labute approximate surface area is 157 Å². The van der Waals surface area contributed by atoms with Crippen molar-refractivity contribution in [1.29, 1.82) is 0 Å². The van der Waals surface area contributed by atoms with Gasteiger partial charge in [-0.1, -0.05) is 41.9 Å². The largest absolute Gasteiger partial charge is 0.573 e. The highest BCUT2D eigenvalue weighted by atomic mass is 35.5. The zero-order valence-electron chi connectivity index (χ0n) is 13.7. The van der Waals surface area contributed by atoms with Gasteiger partial charge >= 0.3 is 6.36 Å². The zero-order chi connectivity index (χ0) is 19.4. The molecule has 1 amide bonds. The van der Waals surface area contributed by atoms with Crippen molar-refractivity contribution in [2.75, 3.05) is 5.32 Å². The van der Waals surface area contributed by atoms with Crippen LogP contribution in [-0.2, 0) is 6.54 Å². The summed E-state index contributed by atoms with van der Waals surface area (Å²) in [5.41, 5.74) is 0.583. The summed E-state index contributed by atoms with van der Waals surface area (Å²) in [4.78, 5) is 12.2. The highest BCUT2D eigenvalue weighted by Crippen LogP contribution is 2.27. The molecule has 0 bridgehead atoms. The summed E-state index contributed by atoms with van der Waals surface area (Å²) in [7, 11) is 0. The molecule has 0 saturated heterocycles. The SMILES string of the molecule is O=C(Nc1ccn(Cc2ccccc2OC(F)(F)F)n1)c1ccccc1Cl. The van der Waals surface area contributed by atoms with E-state index in [4.69, 9.17) is 11.6 Å². The Bertz CT molecular complexity index is 957. The third-order valence-corrected chi connectivity index (χ3v) is 3.86. The number of hydrogen-bond acceptors (Lipinski definition) is 3. The van der Waals surface area contributed by atoms with E-state index >= 15 is 0 Å². The summed E-state index contributed by atoms with van der Waals surface area (Å²) in [6.45, 7) is 0.0359. The number of nitrogens with zero attached hydrogens (tertiary/aromatic N) is 2. The smallest absolute Gasteiger partial charge is 0.405 e. The standard InChI is InChI=1S/C18H13ClF3N3O2/c19-14-7-3-2-6-13(14)17(26)23-16-9-10-25(24-16)11-12-5-1-4-8-15(12)27-18(20,21)22/h1-10H,11H2,(H,23,24,26). The number of anilines is 1. The van der Waals surface area contributed by atoms with Crippen LogP contribution in [0.5, 0.6) is 5.75 Å². The van der Waals surface area contributed by atoms with Crippen LogP contribution >= 0.6 is 11.6 Å². The molecular weight excluding hydrogens is 383 g/mol. The predicted octanol–water partition coefficient (Wildman–Crippen LogP) is 4.74. The lowest BCUT2D eigenvalue weighted by molar-refractivity contribution is -0.274. The fourth-order valence-corrected chi connectivity index (χ4v) is 2.60. The molecule has 0 saturated carbocycles. The number of carbonyl (C=O) groups excluding carboxylic acids is 1. The highest BCUT2D eigenvalue weighted by Gasteiger charge is 2.32. The van der Waals surface area contributed by atoms with Gasteiger partial charge in [0.1, 0.15) is 5.75 Å². The van der Waals surface area contributed by atoms with Crippen LogP contribution in [0.1, 0.15) is 15.9 Å². The number of benzene rings is 2. The topological polar surface area (TPSA) is 56.2 Å². The molecule has 2 aromatic carbocycles. The van der Waals surface area contributed by atoms with Crippen LogP contribution in [0.4, 0.5) is 19.0 Å². The fourth-order valence-electron chi connectivity index (χ4n) is 2.38. The summed E-state index contributed by atoms with van der Waals surface area (Å²) in [5, 5.41) is 7.03. The molecular formula is C18H13ClF3N3O2. The molecule has 3 rings (SSSR count). The van der Waals surface area contributed by atoms with Gasteiger partial charge in [0.25, 0.3) is 5.91 Å². The lowest BCUT2D eigenvalue weighted by Gasteiger charge is -2.13. The number of hydrogen-bond donors (Lipinski definition) is 1. The van der Waals surface area contributed by atoms with Crippen LogP contribution in [0, 0.1) is 0 Å². The number of halogens is 4. The van der Waals surface area contributed by atoms with E-state index in [1.54, 1.807) is 30.3 Å². The molecule has 0 fully saturated rings. The van der Waals surface area contributed by atoms with Crippen molar-refractivity contribution < 1.29 is 22.7 Å². The van der Waals surface area contributed by atoms with Gasteiger partial charge < -0.3 is 10.1 Å². The predicted molar refractivity (Wildman–Crippen MR) is 93.9 cm³/mol. The van der Waals surface area contributed by atoms with Crippen LogP contribution in [0.3, 0.4) is 0 Å². The summed E-state index contributed by atoms with van der Waals surface area (Å²) in [6.07, 6.45) is -3.25. The van der Waals surface area contributed by atoms with Gasteiger partial charge in [-0.2, -0.15) is 5.10 Å². The van der Waals surface area contributed by atoms with Crippen molar-refractivity contribution in [2.24, 2.45) is 0 Å². The number of aromatic nitrogens is 2. The molecule has 1 heterocycles. The Hall–Kier alpha value is -3.00. The first kappa shape index (κ1) is 18.8.